The summed E-state index contributed by atoms with van der Waals surface area (Å²) in [6.07, 6.45) is 0. The molecule has 6 atom stereocenters. The van der Waals surface area contributed by atoms with Crippen molar-refractivity contribution in [3.63, 3.8) is 0 Å². The molecule has 2 fully saturated rings. The molecule has 0 radical (unpaired) electrons. The number of fused-ring (bicyclic) bond motifs is 1. The minimum atomic E-state index is -1.57. The molecule has 2 rings (SSSR count). The molecule has 0 aromatic heterocycles. The highest BCUT2D eigenvalue weighted by atomic mass is 16.5. The van der Waals surface area contributed by atoms with Crippen molar-refractivity contribution in [2.75, 3.05) is 26.4 Å². The van der Waals surface area contributed by atoms with Gasteiger partial charge >= 0.3 is 23.9 Å². The molecule has 0 spiro atoms. The summed E-state index contributed by atoms with van der Waals surface area (Å²) in [7, 11) is 0. The van der Waals surface area contributed by atoms with Crippen molar-refractivity contribution >= 4 is 35.4 Å². The number of rotatable bonds is 8. The monoisotopic (exact) mass is 426 g/mol. The second kappa shape index (κ2) is 9.82. The normalized spacial score (nSPS) is 29.9. The third kappa shape index (κ3) is 3.95. The molecule has 2 unspecified atom stereocenters. The van der Waals surface area contributed by atoms with Crippen molar-refractivity contribution in [3.8, 4) is 0 Å². The van der Waals surface area contributed by atoms with E-state index in [2.05, 4.69) is 0 Å². The lowest BCUT2D eigenvalue weighted by Gasteiger charge is -2.21. The van der Waals surface area contributed by atoms with Crippen LogP contribution in [-0.2, 0) is 47.7 Å². The van der Waals surface area contributed by atoms with Crippen LogP contribution in [0.3, 0.4) is 0 Å². The van der Waals surface area contributed by atoms with Crippen LogP contribution < -0.4 is 0 Å². The summed E-state index contributed by atoms with van der Waals surface area (Å²) >= 11 is 0. The Kier molecular flexibility index (Phi) is 7.69. The smallest absolute Gasteiger partial charge is 0.316 e. The molecule has 2 aliphatic carbocycles. The van der Waals surface area contributed by atoms with Gasteiger partial charge in [-0.2, -0.15) is 0 Å². The Morgan fingerprint density at radius 3 is 0.900 bits per heavy atom. The van der Waals surface area contributed by atoms with Gasteiger partial charge in [-0.1, -0.05) is 0 Å². The fourth-order valence-corrected chi connectivity index (χ4v) is 4.44. The van der Waals surface area contributed by atoms with Gasteiger partial charge in [-0.25, -0.2) is 0 Å². The topological polar surface area (TPSA) is 139 Å². The Labute approximate surface area is 173 Å². The summed E-state index contributed by atoms with van der Waals surface area (Å²) in [5.74, 6) is -14.3. The van der Waals surface area contributed by atoms with Gasteiger partial charge in [0.25, 0.3) is 0 Å². The minimum Gasteiger partial charge on any atom is -0.465 e. The van der Waals surface area contributed by atoms with Crippen molar-refractivity contribution in [1.29, 1.82) is 0 Å². The molecule has 0 heterocycles. The molecule has 2 aliphatic rings. The Balaban J connectivity index is 2.63. The second-order valence-electron chi connectivity index (χ2n) is 6.88. The Morgan fingerprint density at radius 2 is 0.733 bits per heavy atom. The van der Waals surface area contributed by atoms with Gasteiger partial charge in [-0.15, -0.1) is 0 Å². The van der Waals surface area contributed by atoms with Crippen molar-refractivity contribution in [3.05, 3.63) is 0 Å². The fourth-order valence-electron chi connectivity index (χ4n) is 4.44. The van der Waals surface area contributed by atoms with Gasteiger partial charge in [-0.3, -0.25) is 28.8 Å². The van der Waals surface area contributed by atoms with E-state index in [1.165, 1.54) is 27.7 Å². The molecule has 0 aliphatic heterocycles. The van der Waals surface area contributed by atoms with E-state index in [1.54, 1.807) is 0 Å². The van der Waals surface area contributed by atoms with E-state index in [0.29, 0.717) is 0 Å². The van der Waals surface area contributed by atoms with Gasteiger partial charge in [0, 0.05) is 11.8 Å². The SMILES string of the molecule is CCOC(=O)[C@@H]1C(=O)[C@H](C(=O)OCC)C2C1[C@@H](C(=O)OCC)C(=O)[C@H]2C(=O)OCC. The van der Waals surface area contributed by atoms with E-state index in [1.807, 2.05) is 0 Å². The van der Waals surface area contributed by atoms with Gasteiger partial charge in [0.1, 0.15) is 23.7 Å². The number of carbonyl (C=O) groups is 6. The van der Waals surface area contributed by atoms with Crippen molar-refractivity contribution in [2.24, 2.45) is 35.5 Å². The highest BCUT2D eigenvalue weighted by molar-refractivity contribution is 6.18. The van der Waals surface area contributed by atoms with E-state index in [-0.39, 0.29) is 26.4 Å². The largest absolute Gasteiger partial charge is 0.465 e. The molecular weight excluding hydrogens is 400 g/mol. The average molecular weight is 426 g/mol. The maximum absolute atomic E-state index is 13.1. The lowest BCUT2D eigenvalue weighted by atomic mass is 9.82. The summed E-state index contributed by atoms with van der Waals surface area (Å²) < 4.78 is 19.9. The molecule has 0 aromatic rings. The Morgan fingerprint density at radius 1 is 0.533 bits per heavy atom. The Bertz CT molecular complexity index is 624. The summed E-state index contributed by atoms with van der Waals surface area (Å²) in [5, 5.41) is 0. The third-order valence-corrected chi connectivity index (χ3v) is 5.37. The number of hydrogen-bond donors (Lipinski definition) is 0. The predicted octanol–water partition coefficient (Wildman–Crippen LogP) is 0.101. The summed E-state index contributed by atoms with van der Waals surface area (Å²) in [5.41, 5.74) is 0. The number of hydrogen-bond acceptors (Lipinski definition) is 10. The predicted molar refractivity (Wildman–Crippen MR) is 97.5 cm³/mol. The highest BCUT2D eigenvalue weighted by Gasteiger charge is 2.71. The van der Waals surface area contributed by atoms with Gasteiger partial charge < -0.3 is 18.9 Å². The van der Waals surface area contributed by atoms with E-state index in [9.17, 15) is 28.8 Å². The molecule has 0 amide bonds. The number of ether oxygens (including phenoxy) is 4. The standard InChI is InChI=1S/C20H26O10/c1-5-27-17(23)11-9-10(13(15(11)21)19(25)29-7-3)14(20(26)30-8-4)16(22)12(9)18(24)28-6-2/h9-14H,5-8H2,1-4H3/t9?,10?,11-,12+,13+,14-. The van der Waals surface area contributed by atoms with Crippen LogP contribution in [-0.4, -0.2) is 61.9 Å². The lowest BCUT2D eigenvalue weighted by Crippen LogP contribution is -2.39. The highest BCUT2D eigenvalue weighted by Crippen LogP contribution is 2.54. The van der Waals surface area contributed by atoms with Crippen LogP contribution in [0, 0.1) is 35.5 Å². The summed E-state index contributed by atoms with van der Waals surface area (Å²) in [6.45, 7) is 5.91. The van der Waals surface area contributed by atoms with Gasteiger partial charge in [0.15, 0.2) is 11.6 Å². The first-order valence-electron chi connectivity index (χ1n) is 10.0. The van der Waals surface area contributed by atoms with Gasteiger partial charge in [0.05, 0.1) is 26.4 Å². The van der Waals surface area contributed by atoms with E-state index in [0.717, 1.165) is 0 Å². The fraction of sp³-hybridized carbons (Fsp3) is 0.700. The van der Waals surface area contributed by atoms with Crippen molar-refractivity contribution in [1.82, 2.24) is 0 Å². The first-order chi connectivity index (χ1) is 14.3. The zero-order chi connectivity index (χ0) is 22.6. The quantitative estimate of drug-likeness (QED) is 0.298. The number of ketones is 2. The molecule has 166 valence electrons. The summed E-state index contributed by atoms with van der Waals surface area (Å²) in [4.78, 5) is 76.5. The van der Waals surface area contributed by atoms with Gasteiger partial charge in [-0.05, 0) is 27.7 Å². The molecule has 0 saturated heterocycles. The number of Topliss-reactive ketones (excluding diaryl/α,β-unsaturated/α-hetero) is 2. The number of carbonyl (C=O) groups excluding carboxylic acids is 6. The zero-order valence-electron chi connectivity index (χ0n) is 17.4. The molecule has 10 heteroatoms. The molecule has 0 N–H and O–H groups in total. The van der Waals surface area contributed by atoms with E-state index in [4.69, 9.17) is 18.9 Å². The molecule has 0 bridgehead atoms. The van der Waals surface area contributed by atoms with Crippen LogP contribution in [0.1, 0.15) is 27.7 Å². The van der Waals surface area contributed by atoms with Crippen LogP contribution in [0.25, 0.3) is 0 Å². The molecule has 0 aromatic carbocycles. The zero-order valence-corrected chi connectivity index (χ0v) is 17.4. The first-order valence-corrected chi connectivity index (χ1v) is 10.0. The second-order valence-corrected chi connectivity index (χ2v) is 6.88. The van der Waals surface area contributed by atoms with Crippen LogP contribution in [0.4, 0.5) is 0 Å². The Hall–Kier alpha value is -2.78. The molecule has 10 nitrogen and oxygen atoms in total. The van der Waals surface area contributed by atoms with Gasteiger partial charge in [0.2, 0.25) is 0 Å². The van der Waals surface area contributed by atoms with Crippen LogP contribution in [0.2, 0.25) is 0 Å². The molecule has 30 heavy (non-hydrogen) atoms. The van der Waals surface area contributed by atoms with Crippen LogP contribution in [0.15, 0.2) is 0 Å². The van der Waals surface area contributed by atoms with Crippen LogP contribution >= 0.6 is 0 Å². The van der Waals surface area contributed by atoms with E-state index >= 15 is 0 Å². The first kappa shape index (κ1) is 23.5. The molecule has 2 saturated carbocycles. The van der Waals surface area contributed by atoms with Crippen LogP contribution in [0.5, 0.6) is 0 Å². The van der Waals surface area contributed by atoms with Crippen molar-refractivity contribution in [2.45, 2.75) is 27.7 Å². The maximum atomic E-state index is 13.1. The van der Waals surface area contributed by atoms with E-state index < -0.39 is 71.0 Å². The third-order valence-electron chi connectivity index (χ3n) is 5.37. The average Bonchev–Trinajstić information content (AvgIpc) is 3.11. The number of esters is 4. The minimum absolute atomic E-state index is 0.0522. The maximum Gasteiger partial charge on any atom is 0.316 e. The van der Waals surface area contributed by atoms with Crippen molar-refractivity contribution < 1.29 is 47.7 Å². The lowest BCUT2D eigenvalue weighted by molar-refractivity contribution is -0.158. The molecular formula is C20H26O10. The summed E-state index contributed by atoms with van der Waals surface area (Å²) in [6, 6.07) is 0.